The number of guanidine groups is 1. The van der Waals surface area contributed by atoms with Crippen LogP contribution in [-0.2, 0) is 11.3 Å². The van der Waals surface area contributed by atoms with E-state index in [1.807, 2.05) is 13.8 Å². The van der Waals surface area contributed by atoms with Crippen molar-refractivity contribution in [3.63, 3.8) is 0 Å². The molecule has 1 aromatic carbocycles. The monoisotopic (exact) mass is 376 g/mol. The zero-order valence-electron chi connectivity index (χ0n) is 17.3. The van der Waals surface area contributed by atoms with E-state index in [2.05, 4.69) is 51.7 Å². The second-order valence-electron chi connectivity index (χ2n) is 7.79. The number of piperidine rings is 1. The number of anilines is 1. The number of rotatable bonds is 8. The molecule has 0 spiro atoms. The predicted octanol–water partition coefficient (Wildman–Crippen LogP) is 2.38. The van der Waals surface area contributed by atoms with Gasteiger partial charge in [0.25, 0.3) is 0 Å². The van der Waals surface area contributed by atoms with Crippen LogP contribution in [0.2, 0.25) is 0 Å². The first kappa shape index (κ1) is 21.5. The van der Waals surface area contributed by atoms with Crippen LogP contribution in [0.5, 0.6) is 0 Å². The Labute approximate surface area is 164 Å². The largest absolute Gasteiger partial charge is 0.396 e. The quantitative estimate of drug-likeness (QED) is 0.480. The third-order valence-corrected chi connectivity index (χ3v) is 5.17. The molecule has 0 bridgehead atoms. The average molecular weight is 377 g/mol. The highest BCUT2D eigenvalue weighted by Gasteiger charge is 2.18. The van der Waals surface area contributed by atoms with Crippen molar-refractivity contribution in [2.45, 2.75) is 45.8 Å². The van der Waals surface area contributed by atoms with E-state index in [9.17, 15) is 5.11 Å². The summed E-state index contributed by atoms with van der Waals surface area (Å²) in [5, 5.41) is 15.9. The van der Waals surface area contributed by atoms with Crippen LogP contribution in [0.15, 0.2) is 29.3 Å². The van der Waals surface area contributed by atoms with Crippen LogP contribution < -0.4 is 15.5 Å². The summed E-state index contributed by atoms with van der Waals surface area (Å²) in [6.45, 7) is 10.7. The molecule has 0 atom stereocenters. The van der Waals surface area contributed by atoms with Gasteiger partial charge in [-0.3, -0.25) is 0 Å². The van der Waals surface area contributed by atoms with Gasteiger partial charge in [0.05, 0.1) is 12.1 Å². The van der Waals surface area contributed by atoms with Crippen LogP contribution in [0.3, 0.4) is 0 Å². The Hall–Kier alpha value is -1.79. The first-order chi connectivity index (χ1) is 13.0. The Bertz CT molecular complexity index is 578. The molecule has 152 valence electrons. The third kappa shape index (κ3) is 7.03. The highest BCUT2D eigenvalue weighted by Crippen LogP contribution is 2.23. The Morgan fingerprint density at radius 1 is 1.22 bits per heavy atom. The summed E-state index contributed by atoms with van der Waals surface area (Å²) in [6, 6.07) is 8.66. The second kappa shape index (κ2) is 10.5. The normalized spacial score (nSPS) is 16.5. The van der Waals surface area contributed by atoms with E-state index in [1.54, 1.807) is 7.11 Å². The number of methoxy groups -OCH3 is 1. The number of hydrogen-bond donors (Lipinski definition) is 3. The van der Waals surface area contributed by atoms with Gasteiger partial charge in [-0.15, -0.1) is 0 Å². The van der Waals surface area contributed by atoms with Crippen LogP contribution in [0.25, 0.3) is 0 Å². The van der Waals surface area contributed by atoms with E-state index in [-0.39, 0.29) is 5.60 Å². The summed E-state index contributed by atoms with van der Waals surface area (Å²) in [4.78, 5) is 7.08. The first-order valence-electron chi connectivity index (χ1n) is 9.99. The van der Waals surface area contributed by atoms with E-state index in [1.165, 1.54) is 11.3 Å². The zero-order chi connectivity index (χ0) is 19.7. The van der Waals surface area contributed by atoms with Crippen molar-refractivity contribution in [1.29, 1.82) is 0 Å². The lowest BCUT2D eigenvalue weighted by atomic mass is 9.97. The number of ether oxygens (including phenoxy) is 1. The van der Waals surface area contributed by atoms with Crippen LogP contribution in [-0.4, -0.2) is 56.6 Å². The molecule has 1 aliphatic heterocycles. The number of nitrogens with zero attached hydrogens (tertiary/aromatic N) is 2. The van der Waals surface area contributed by atoms with Crippen molar-refractivity contribution in [3.05, 3.63) is 29.8 Å². The maximum absolute atomic E-state index is 9.27. The number of hydrogen-bond acceptors (Lipinski definition) is 4. The molecule has 0 radical (unpaired) electrons. The Kier molecular flexibility index (Phi) is 8.38. The summed E-state index contributed by atoms with van der Waals surface area (Å²) in [5.74, 6) is 1.27. The molecule has 1 aliphatic rings. The Morgan fingerprint density at radius 3 is 2.44 bits per heavy atom. The van der Waals surface area contributed by atoms with Crippen molar-refractivity contribution in [2.75, 3.05) is 44.8 Å². The standard InChI is InChI=1S/C21H36N4O2/c1-5-22-20(24-16-21(2,3)27-4)23-14-17-6-8-19(9-7-17)25-12-10-18(15-26)11-13-25/h6-9,18,26H,5,10-16H2,1-4H3,(H2,22,23,24). The molecule has 1 aromatic rings. The van der Waals surface area contributed by atoms with Crippen molar-refractivity contribution in [1.82, 2.24) is 10.6 Å². The molecular weight excluding hydrogens is 340 g/mol. The molecule has 1 saturated heterocycles. The summed E-state index contributed by atoms with van der Waals surface area (Å²) < 4.78 is 5.45. The number of nitrogens with one attached hydrogen (secondary N) is 2. The van der Waals surface area contributed by atoms with Crippen molar-refractivity contribution in [2.24, 2.45) is 10.9 Å². The van der Waals surface area contributed by atoms with Crippen molar-refractivity contribution >= 4 is 11.6 Å². The topological polar surface area (TPSA) is 69.1 Å². The minimum Gasteiger partial charge on any atom is -0.396 e. The van der Waals surface area contributed by atoms with E-state index in [0.717, 1.165) is 38.4 Å². The maximum Gasteiger partial charge on any atom is 0.191 e. The predicted molar refractivity (Wildman–Crippen MR) is 112 cm³/mol. The molecule has 0 aromatic heterocycles. The number of aliphatic hydroxyl groups is 1. The maximum atomic E-state index is 9.27. The van der Waals surface area contributed by atoms with Crippen molar-refractivity contribution < 1.29 is 9.84 Å². The smallest absolute Gasteiger partial charge is 0.191 e. The van der Waals surface area contributed by atoms with Gasteiger partial charge in [0.15, 0.2) is 5.96 Å². The first-order valence-corrected chi connectivity index (χ1v) is 9.99. The highest BCUT2D eigenvalue weighted by atomic mass is 16.5. The highest BCUT2D eigenvalue weighted by molar-refractivity contribution is 5.79. The summed E-state index contributed by atoms with van der Waals surface area (Å²) in [6.07, 6.45) is 2.14. The average Bonchev–Trinajstić information content (AvgIpc) is 2.70. The van der Waals surface area contributed by atoms with Crippen LogP contribution in [0.1, 0.15) is 39.2 Å². The van der Waals surface area contributed by atoms with Gasteiger partial charge < -0.3 is 25.4 Å². The molecular formula is C21H36N4O2. The van der Waals surface area contributed by atoms with Crippen LogP contribution in [0.4, 0.5) is 5.69 Å². The van der Waals surface area contributed by atoms with E-state index < -0.39 is 0 Å². The molecule has 27 heavy (non-hydrogen) atoms. The lowest BCUT2D eigenvalue weighted by Crippen LogP contribution is -2.45. The summed E-state index contributed by atoms with van der Waals surface area (Å²) >= 11 is 0. The zero-order valence-corrected chi connectivity index (χ0v) is 17.3. The minimum atomic E-state index is -0.235. The molecule has 2 rings (SSSR count). The molecule has 6 nitrogen and oxygen atoms in total. The molecule has 0 amide bonds. The van der Waals surface area contributed by atoms with Gasteiger partial charge in [-0.1, -0.05) is 12.1 Å². The van der Waals surface area contributed by atoms with E-state index in [4.69, 9.17) is 4.74 Å². The van der Waals surface area contributed by atoms with Crippen LogP contribution in [0, 0.1) is 5.92 Å². The number of benzene rings is 1. The molecule has 0 aliphatic carbocycles. The molecule has 1 heterocycles. The van der Waals surface area contributed by atoms with Crippen molar-refractivity contribution in [3.8, 4) is 0 Å². The molecule has 0 saturated carbocycles. The number of aliphatic imine (C=N–C) groups is 1. The Balaban J connectivity index is 1.90. The lowest BCUT2D eigenvalue weighted by Gasteiger charge is -2.32. The molecule has 1 fully saturated rings. The van der Waals surface area contributed by atoms with Gasteiger partial charge in [-0.2, -0.15) is 0 Å². The van der Waals surface area contributed by atoms with Gasteiger partial charge in [-0.25, -0.2) is 4.99 Å². The molecule has 3 N–H and O–H groups in total. The minimum absolute atomic E-state index is 0.235. The summed E-state index contributed by atoms with van der Waals surface area (Å²) in [7, 11) is 1.72. The van der Waals surface area contributed by atoms with Gasteiger partial charge >= 0.3 is 0 Å². The van der Waals surface area contributed by atoms with Gasteiger partial charge in [0.2, 0.25) is 0 Å². The number of aliphatic hydroxyl groups excluding tert-OH is 1. The van der Waals surface area contributed by atoms with Gasteiger partial charge in [0.1, 0.15) is 0 Å². The molecule has 0 unspecified atom stereocenters. The van der Waals surface area contributed by atoms with E-state index >= 15 is 0 Å². The van der Waals surface area contributed by atoms with E-state index in [0.29, 0.717) is 25.6 Å². The van der Waals surface area contributed by atoms with Gasteiger partial charge in [-0.05, 0) is 57.2 Å². The van der Waals surface area contributed by atoms with Gasteiger partial charge in [0, 0.05) is 45.6 Å². The fourth-order valence-corrected chi connectivity index (χ4v) is 3.07. The fraction of sp³-hybridized carbons (Fsp3) is 0.667. The third-order valence-electron chi connectivity index (χ3n) is 5.17. The lowest BCUT2D eigenvalue weighted by molar-refractivity contribution is 0.0268. The summed E-state index contributed by atoms with van der Waals surface area (Å²) in [5.41, 5.74) is 2.21. The molecule has 6 heteroatoms. The fourth-order valence-electron chi connectivity index (χ4n) is 3.07. The Morgan fingerprint density at radius 2 is 1.89 bits per heavy atom. The second-order valence-corrected chi connectivity index (χ2v) is 7.79. The van der Waals surface area contributed by atoms with Crippen LogP contribution >= 0.6 is 0 Å². The SMILES string of the molecule is CCNC(=NCc1ccc(N2CCC(CO)CC2)cc1)NCC(C)(C)OC.